The number of hydrogen-bond acceptors (Lipinski definition) is 4. The van der Waals surface area contributed by atoms with Gasteiger partial charge in [-0.1, -0.05) is 62.2 Å². The lowest BCUT2D eigenvalue weighted by atomic mass is 10.1. The van der Waals surface area contributed by atoms with Crippen molar-refractivity contribution in [2.24, 2.45) is 0 Å². The molecule has 7 heteroatoms. The molecule has 1 amide bonds. The summed E-state index contributed by atoms with van der Waals surface area (Å²) in [5.41, 5.74) is 8.54. The van der Waals surface area contributed by atoms with Gasteiger partial charge in [-0.25, -0.2) is 9.97 Å². The van der Waals surface area contributed by atoms with Crippen LogP contribution in [0.25, 0.3) is 22.2 Å². The van der Waals surface area contributed by atoms with Crippen molar-refractivity contribution in [1.82, 2.24) is 15.4 Å². The highest BCUT2D eigenvalue weighted by atomic mass is 79.9. The van der Waals surface area contributed by atoms with E-state index in [1.807, 2.05) is 60.7 Å². The Balaban J connectivity index is 1.67. The third-order valence-corrected chi connectivity index (χ3v) is 5.12. The molecular weight excluding hydrogens is 484 g/mol. The number of rotatable bonds is 4. The zero-order valence-electron chi connectivity index (χ0n) is 14.5. The van der Waals surface area contributed by atoms with E-state index in [-0.39, 0.29) is 5.91 Å². The fraction of sp³-hybridized carbons (Fsp3) is 0. The van der Waals surface area contributed by atoms with Crippen LogP contribution in [-0.2, 0) is 0 Å². The standard InChI is InChI=1S/C21H14Br2N4O/c22-15-8-6-14(7-9-15)20(28)26-27-21-24-18-11-10-16(23)12-17(18)19(25-21)13-4-2-1-3-5-13/h1-12H,(H,26,28)(H,24,25,27). The molecule has 138 valence electrons. The fourth-order valence-electron chi connectivity index (χ4n) is 2.76. The summed E-state index contributed by atoms with van der Waals surface area (Å²) in [6, 6.07) is 22.8. The third-order valence-electron chi connectivity index (χ3n) is 4.10. The van der Waals surface area contributed by atoms with Gasteiger partial charge >= 0.3 is 0 Å². The SMILES string of the molecule is O=C(NNc1nc(-c2ccccc2)c2cc(Br)ccc2n1)c1ccc(Br)cc1. The van der Waals surface area contributed by atoms with Crippen molar-refractivity contribution >= 4 is 54.6 Å². The van der Waals surface area contributed by atoms with E-state index in [1.165, 1.54) is 0 Å². The number of hydrazine groups is 1. The van der Waals surface area contributed by atoms with Crippen LogP contribution in [0.15, 0.2) is 81.7 Å². The molecule has 3 aromatic carbocycles. The number of carbonyl (C=O) groups excluding carboxylic acids is 1. The Morgan fingerprint density at radius 1 is 0.821 bits per heavy atom. The van der Waals surface area contributed by atoms with Crippen LogP contribution in [0.1, 0.15) is 10.4 Å². The number of nitrogens with one attached hydrogen (secondary N) is 2. The van der Waals surface area contributed by atoms with Crippen LogP contribution in [0.5, 0.6) is 0 Å². The second kappa shape index (κ2) is 8.08. The highest BCUT2D eigenvalue weighted by molar-refractivity contribution is 9.10. The van der Waals surface area contributed by atoms with Gasteiger partial charge in [-0.15, -0.1) is 0 Å². The predicted octanol–water partition coefficient (Wildman–Crippen LogP) is 5.58. The summed E-state index contributed by atoms with van der Waals surface area (Å²) in [7, 11) is 0. The second-order valence-electron chi connectivity index (χ2n) is 6.01. The molecule has 4 aromatic rings. The van der Waals surface area contributed by atoms with E-state index in [9.17, 15) is 4.79 Å². The number of anilines is 1. The van der Waals surface area contributed by atoms with Crippen LogP contribution in [0.2, 0.25) is 0 Å². The molecule has 0 radical (unpaired) electrons. The zero-order valence-corrected chi connectivity index (χ0v) is 17.7. The monoisotopic (exact) mass is 496 g/mol. The van der Waals surface area contributed by atoms with Crippen molar-refractivity contribution in [3.8, 4) is 11.3 Å². The second-order valence-corrected chi connectivity index (χ2v) is 7.84. The summed E-state index contributed by atoms with van der Waals surface area (Å²) < 4.78 is 1.86. The van der Waals surface area contributed by atoms with Crippen LogP contribution >= 0.6 is 31.9 Å². The summed E-state index contributed by atoms with van der Waals surface area (Å²) in [6.45, 7) is 0. The lowest BCUT2D eigenvalue weighted by Crippen LogP contribution is -2.30. The molecule has 0 atom stereocenters. The highest BCUT2D eigenvalue weighted by Crippen LogP contribution is 2.29. The van der Waals surface area contributed by atoms with Gasteiger partial charge in [0.1, 0.15) is 0 Å². The first-order valence-corrected chi connectivity index (χ1v) is 10.0. The molecule has 0 aliphatic carbocycles. The van der Waals surface area contributed by atoms with Crippen LogP contribution in [0.4, 0.5) is 5.95 Å². The van der Waals surface area contributed by atoms with Crippen molar-refractivity contribution in [2.45, 2.75) is 0 Å². The number of benzene rings is 3. The summed E-state index contributed by atoms with van der Waals surface area (Å²) in [4.78, 5) is 21.5. The van der Waals surface area contributed by atoms with Crippen molar-refractivity contribution in [1.29, 1.82) is 0 Å². The zero-order chi connectivity index (χ0) is 19.5. The van der Waals surface area contributed by atoms with Gasteiger partial charge in [-0.3, -0.25) is 15.6 Å². The molecule has 0 saturated carbocycles. The van der Waals surface area contributed by atoms with Gasteiger partial charge in [-0.05, 0) is 42.5 Å². The first-order valence-electron chi connectivity index (χ1n) is 8.45. The molecule has 1 heterocycles. The van der Waals surface area contributed by atoms with Gasteiger partial charge in [0.2, 0.25) is 5.95 Å². The van der Waals surface area contributed by atoms with Gasteiger partial charge in [0.25, 0.3) is 5.91 Å². The van der Waals surface area contributed by atoms with Crippen LogP contribution in [0, 0.1) is 0 Å². The van der Waals surface area contributed by atoms with Gasteiger partial charge in [0, 0.05) is 25.5 Å². The van der Waals surface area contributed by atoms with E-state index in [0.29, 0.717) is 11.5 Å². The minimum absolute atomic E-state index is 0.270. The van der Waals surface area contributed by atoms with Gasteiger partial charge in [0.05, 0.1) is 11.2 Å². The van der Waals surface area contributed by atoms with E-state index in [0.717, 1.165) is 31.1 Å². The number of fused-ring (bicyclic) bond motifs is 1. The van der Waals surface area contributed by atoms with Crippen molar-refractivity contribution in [3.05, 3.63) is 87.3 Å². The molecule has 0 spiro atoms. The minimum Gasteiger partial charge on any atom is -0.267 e. The van der Waals surface area contributed by atoms with E-state index in [1.54, 1.807) is 12.1 Å². The Morgan fingerprint density at radius 2 is 1.54 bits per heavy atom. The molecule has 0 bridgehead atoms. The van der Waals surface area contributed by atoms with Crippen LogP contribution in [0.3, 0.4) is 0 Å². The van der Waals surface area contributed by atoms with E-state index >= 15 is 0 Å². The summed E-state index contributed by atoms with van der Waals surface area (Å²) >= 11 is 6.86. The Kier molecular flexibility index (Phi) is 5.36. The molecule has 5 nitrogen and oxygen atoms in total. The number of nitrogens with zero attached hydrogens (tertiary/aromatic N) is 2. The average molecular weight is 498 g/mol. The Bertz CT molecular complexity index is 1150. The molecule has 0 fully saturated rings. The molecule has 1 aromatic heterocycles. The lowest BCUT2D eigenvalue weighted by Gasteiger charge is -2.11. The molecule has 2 N–H and O–H groups in total. The van der Waals surface area contributed by atoms with Crippen molar-refractivity contribution in [3.63, 3.8) is 0 Å². The normalized spacial score (nSPS) is 10.6. The van der Waals surface area contributed by atoms with Crippen molar-refractivity contribution in [2.75, 3.05) is 5.43 Å². The maximum atomic E-state index is 12.3. The lowest BCUT2D eigenvalue weighted by molar-refractivity contribution is 0.0962. The Labute approximate surface area is 178 Å². The maximum absolute atomic E-state index is 12.3. The predicted molar refractivity (Wildman–Crippen MR) is 118 cm³/mol. The number of halogens is 2. The van der Waals surface area contributed by atoms with Crippen molar-refractivity contribution < 1.29 is 4.79 Å². The highest BCUT2D eigenvalue weighted by Gasteiger charge is 2.11. The van der Waals surface area contributed by atoms with E-state index in [4.69, 9.17) is 0 Å². The molecule has 0 unspecified atom stereocenters. The minimum atomic E-state index is -0.270. The summed E-state index contributed by atoms with van der Waals surface area (Å²) in [5.74, 6) is 0.0485. The average Bonchev–Trinajstić information content (AvgIpc) is 2.72. The maximum Gasteiger partial charge on any atom is 0.269 e. The molecule has 4 rings (SSSR count). The summed E-state index contributed by atoms with van der Waals surface area (Å²) in [5, 5.41) is 0.922. The smallest absolute Gasteiger partial charge is 0.267 e. The third kappa shape index (κ3) is 4.05. The summed E-state index contributed by atoms with van der Waals surface area (Å²) in [6.07, 6.45) is 0. The number of amides is 1. The number of carbonyl (C=O) groups is 1. The van der Waals surface area contributed by atoms with Crippen LogP contribution in [-0.4, -0.2) is 15.9 Å². The van der Waals surface area contributed by atoms with Gasteiger partial charge in [0.15, 0.2) is 0 Å². The van der Waals surface area contributed by atoms with Crippen LogP contribution < -0.4 is 10.9 Å². The molecule has 0 saturated heterocycles. The largest absolute Gasteiger partial charge is 0.269 e. The van der Waals surface area contributed by atoms with E-state index < -0.39 is 0 Å². The quantitative estimate of drug-likeness (QED) is 0.361. The molecule has 0 aliphatic rings. The fourth-order valence-corrected chi connectivity index (χ4v) is 3.38. The molecule has 28 heavy (non-hydrogen) atoms. The van der Waals surface area contributed by atoms with E-state index in [2.05, 4.69) is 52.7 Å². The van der Waals surface area contributed by atoms with Gasteiger partial charge < -0.3 is 0 Å². The van der Waals surface area contributed by atoms with Gasteiger partial charge in [-0.2, -0.15) is 0 Å². The topological polar surface area (TPSA) is 66.9 Å². The number of hydrogen-bond donors (Lipinski definition) is 2. The molecule has 0 aliphatic heterocycles. The Hall–Kier alpha value is -2.77. The number of aromatic nitrogens is 2. The first kappa shape index (κ1) is 18.6. The molecular formula is C21H14Br2N4O. The first-order chi connectivity index (χ1) is 13.6. The Morgan fingerprint density at radius 3 is 2.29 bits per heavy atom.